The largest absolute Gasteiger partial charge is 0.495 e. The molecule has 2 heterocycles. The summed E-state index contributed by atoms with van der Waals surface area (Å²) in [6.07, 6.45) is 1.22. The maximum Gasteiger partial charge on any atom is 0.158 e. The molecule has 2 aromatic rings. The molecule has 3 rings (SSSR count). The zero-order valence-electron chi connectivity index (χ0n) is 14.7. The van der Waals surface area contributed by atoms with Crippen LogP contribution < -0.4 is 15.0 Å². The van der Waals surface area contributed by atoms with Crippen molar-refractivity contribution in [1.29, 1.82) is 0 Å². The highest BCUT2D eigenvalue weighted by Gasteiger charge is 2.13. The molecular formula is C19H27ClN2O3+2. The standard InChI is InChI=1S/C19H25ClN2O3/c1-23-19-5-3-15(13-17(19)20)18-6-4-16(25-18)14-21-7-2-8-22-9-11-24-12-10-22/h3-6,13,21H,2,7-12,14H2,1H3/p+2. The third-order valence-electron chi connectivity index (χ3n) is 4.58. The van der Waals surface area contributed by atoms with E-state index in [1.54, 1.807) is 12.0 Å². The number of nitrogens with one attached hydrogen (secondary N) is 1. The van der Waals surface area contributed by atoms with E-state index >= 15 is 0 Å². The van der Waals surface area contributed by atoms with Gasteiger partial charge in [-0.1, -0.05) is 11.6 Å². The molecule has 0 unspecified atom stereocenters. The van der Waals surface area contributed by atoms with E-state index in [9.17, 15) is 0 Å². The number of hydrogen-bond donors (Lipinski definition) is 2. The number of morpholine rings is 1. The lowest BCUT2D eigenvalue weighted by molar-refractivity contribution is -0.909. The lowest BCUT2D eigenvalue weighted by Gasteiger charge is -2.23. The Labute approximate surface area is 153 Å². The van der Waals surface area contributed by atoms with Crippen LogP contribution in [0.25, 0.3) is 11.3 Å². The van der Waals surface area contributed by atoms with Gasteiger partial charge in [0.25, 0.3) is 0 Å². The fourth-order valence-electron chi connectivity index (χ4n) is 3.11. The summed E-state index contributed by atoms with van der Waals surface area (Å²) in [5.41, 5.74) is 0.966. The van der Waals surface area contributed by atoms with E-state index in [1.165, 1.54) is 13.0 Å². The molecule has 0 aliphatic carbocycles. The molecule has 1 aliphatic heterocycles. The summed E-state index contributed by atoms with van der Waals surface area (Å²) in [5.74, 6) is 2.50. The molecule has 0 spiro atoms. The van der Waals surface area contributed by atoms with Crippen molar-refractivity contribution < 1.29 is 24.1 Å². The Kier molecular flexibility index (Phi) is 6.76. The first-order valence-corrected chi connectivity index (χ1v) is 9.29. The van der Waals surface area contributed by atoms with Crippen LogP contribution in [0.15, 0.2) is 34.7 Å². The fourth-order valence-corrected chi connectivity index (χ4v) is 3.37. The topological polar surface area (TPSA) is 52.7 Å². The van der Waals surface area contributed by atoms with Crippen molar-refractivity contribution in [3.05, 3.63) is 41.1 Å². The van der Waals surface area contributed by atoms with Gasteiger partial charge in [0.1, 0.15) is 31.1 Å². The fraction of sp³-hybridized carbons (Fsp3) is 0.474. The van der Waals surface area contributed by atoms with Crippen molar-refractivity contribution >= 4 is 11.6 Å². The normalized spacial score (nSPS) is 15.4. The minimum Gasteiger partial charge on any atom is -0.495 e. The van der Waals surface area contributed by atoms with Gasteiger partial charge in [0.15, 0.2) is 5.76 Å². The first kappa shape index (κ1) is 18.3. The van der Waals surface area contributed by atoms with E-state index in [0.717, 1.165) is 56.5 Å². The quantitative estimate of drug-likeness (QED) is 0.685. The molecule has 136 valence electrons. The van der Waals surface area contributed by atoms with Crippen molar-refractivity contribution in [3.63, 3.8) is 0 Å². The lowest BCUT2D eigenvalue weighted by Crippen LogP contribution is -3.14. The third-order valence-corrected chi connectivity index (χ3v) is 4.88. The van der Waals surface area contributed by atoms with E-state index in [0.29, 0.717) is 10.8 Å². The Morgan fingerprint density at radius 3 is 2.80 bits per heavy atom. The van der Waals surface area contributed by atoms with E-state index in [1.807, 2.05) is 30.3 Å². The molecule has 1 fully saturated rings. The van der Waals surface area contributed by atoms with Crippen LogP contribution in [0.2, 0.25) is 5.02 Å². The highest BCUT2D eigenvalue weighted by Crippen LogP contribution is 2.30. The highest BCUT2D eigenvalue weighted by atomic mass is 35.5. The van der Waals surface area contributed by atoms with Gasteiger partial charge < -0.3 is 24.1 Å². The van der Waals surface area contributed by atoms with Gasteiger partial charge in [0.2, 0.25) is 0 Å². The minimum atomic E-state index is 0.593. The summed E-state index contributed by atoms with van der Waals surface area (Å²) >= 11 is 6.19. The lowest BCUT2D eigenvalue weighted by atomic mass is 10.2. The van der Waals surface area contributed by atoms with Crippen LogP contribution in [-0.4, -0.2) is 46.5 Å². The number of ether oxygens (including phenoxy) is 2. The van der Waals surface area contributed by atoms with E-state index in [-0.39, 0.29) is 0 Å². The van der Waals surface area contributed by atoms with E-state index in [2.05, 4.69) is 5.32 Å². The zero-order chi connectivity index (χ0) is 17.5. The van der Waals surface area contributed by atoms with E-state index < -0.39 is 0 Å². The number of benzene rings is 1. The maximum absolute atomic E-state index is 6.19. The minimum absolute atomic E-state index is 0.593. The van der Waals surface area contributed by atoms with Gasteiger partial charge in [-0.25, -0.2) is 0 Å². The third kappa shape index (κ3) is 5.22. The smallest absolute Gasteiger partial charge is 0.158 e. The number of furan rings is 1. The second kappa shape index (κ2) is 9.25. The molecule has 0 amide bonds. The molecule has 0 atom stereocenters. The van der Waals surface area contributed by atoms with Crippen molar-refractivity contribution in [2.75, 3.05) is 46.5 Å². The van der Waals surface area contributed by atoms with Crippen molar-refractivity contribution in [3.8, 4) is 17.1 Å². The van der Waals surface area contributed by atoms with Crippen molar-refractivity contribution in [2.45, 2.75) is 13.0 Å². The van der Waals surface area contributed by atoms with Gasteiger partial charge in [-0.15, -0.1) is 0 Å². The SMILES string of the molecule is COc1ccc(-c2ccc(C[NH2+]CCC[NH+]3CCOCC3)o2)cc1Cl. The Morgan fingerprint density at radius 1 is 1.20 bits per heavy atom. The molecule has 1 aromatic heterocycles. The maximum atomic E-state index is 6.19. The second-order valence-electron chi connectivity index (χ2n) is 6.36. The zero-order valence-corrected chi connectivity index (χ0v) is 15.5. The number of rotatable bonds is 8. The molecule has 0 bridgehead atoms. The van der Waals surface area contributed by atoms with Gasteiger partial charge in [-0.2, -0.15) is 0 Å². The average Bonchev–Trinajstić information content (AvgIpc) is 3.11. The highest BCUT2D eigenvalue weighted by molar-refractivity contribution is 6.32. The summed E-state index contributed by atoms with van der Waals surface area (Å²) in [4.78, 5) is 1.66. The monoisotopic (exact) mass is 366 g/mol. The van der Waals surface area contributed by atoms with Gasteiger partial charge in [0.05, 0.1) is 38.4 Å². The molecule has 0 radical (unpaired) electrons. The molecule has 1 aromatic carbocycles. The molecular weight excluding hydrogens is 340 g/mol. The molecule has 5 nitrogen and oxygen atoms in total. The van der Waals surface area contributed by atoms with Crippen LogP contribution in [0.5, 0.6) is 5.75 Å². The van der Waals surface area contributed by atoms with Crippen LogP contribution in [0.4, 0.5) is 0 Å². The summed E-state index contributed by atoms with van der Waals surface area (Å²) in [6.45, 7) is 7.32. The molecule has 25 heavy (non-hydrogen) atoms. The Morgan fingerprint density at radius 2 is 2.04 bits per heavy atom. The summed E-state index contributed by atoms with van der Waals surface area (Å²) in [5, 5.41) is 2.90. The van der Waals surface area contributed by atoms with Gasteiger partial charge >= 0.3 is 0 Å². The second-order valence-corrected chi connectivity index (χ2v) is 6.77. The first-order chi connectivity index (χ1) is 12.3. The van der Waals surface area contributed by atoms with Gasteiger partial charge in [0, 0.05) is 12.0 Å². The molecule has 3 N–H and O–H groups in total. The Hall–Kier alpha value is -1.53. The average molecular weight is 367 g/mol. The molecule has 1 saturated heterocycles. The Bertz CT molecular complexity index is 668. The van der Waals surface area contributed by atoms with Crippen molar-refractivity contribution in [2.24, 2.45) is 0 Å². The number of hydrogen-bond acceptors (Lipinski definition) is 3. The molecule has 0 saturated carbocycles. The predicted octanol–water partition coefficient (Wildman–Crippen LogP) is 0.977. The van der Waals surface area contributed by atoms with Crippen molar-refractivity contribution in [1.82, 2.24) is 0 Å². The summed E-state index contributed by atoms with van der Waals surface area (Å²) in [7, 11) is 1.61. The summed E-state index contributed by atoms with van der Waals surface area (Å²) in [6, 6.07) is 9.73. The van der Waals surface area contributed by atoms with Crippen LogP contribution in [0.3, 0.4) is 0 Å². The number of halogens is 1. The van der Waals surface area contributed by atoms with Gasteiger partial charge in [-0.05, 0) is 30.3 Å². The first-order valence-electron chi connectivity index (χ1n) is 8.92. The number of nitrogens with two attached hydrogens (primary N) is 1. The van der Waals surface area contributed by atoms with Crippen LogP contribution >= 0.6 is 11.6 Å². The predicted molar refractivity (Wildman–Crippen MR) is 97.2 cm³/mol. The van der Waals surface area contributed by atoms with Crippen LogP contribution in [-0.2, 0) is 11.3 Å². The van der Waals surface area contributed by atoms with Gasteiger partial charge in [-0.3, -0.25) is 0 Å². The number of methoxy groups -OCH3 is 1. The Balaban J connectivity index is 1.43. The van der Waals surface area contributed by atoms with Crippen LogP contribution in [0, 0.1) is 0 Å². The number of quaternary nitrogens is 2. The molecule has 1 aliphatic rings. The van der Waals surface area contributed by atoms with Crippen LogP contribution in [0.1, 0.15) is 12.2 Å². The summed E-state index contributed by atoms with van der Waals surface area (Å²) < 4.78 is 16.5. The van der Waals surface area contributed by atoms with E-state index in [4.69, 9.17) is 25.5 Å². The molecule has 6 heteroatoms.